The number of hydrogen-bond donors (Lipinski definition) is 0. The fraction of sp³-hybridized carbons (Fsp3) is 0.478. The number of imidazole rings is 1. The van der Waals surface area contributed by atoms with Crippen molar-refractivity contribution in [2.24, 2.45) is 5.41 Å². The van der Waals surface area contributed by atoms with Gasteiger partial charge in [-0.15, -0.1) is 0 Å². The molecule has 0 aliphatic rings. The van der Waals surface area contributed by atoms with E-state index in [0.717, 1.165) is 29.1 Å². The van der Waals surface area contributed by atoms with Crippen molar-refractivity contribution in [1.29, 1.82) is 0 Å². The van der Waals surface area contributed by atoms with Gasteiger partial charge in [-0.2, -0.15) is 0 Å². The number of aromatic nitrogens is 2. The Balaban J connectivity index is 2.35. The standard InChI is InChI=1S/C23H31N3O2/c1-15-12-16(2)25-19(13-15)24-20(18-10-9-11-28-18)21(25)26(17(3)27)23(7,8)14-22(4,5)6/h9-13H,14H2,1-8H3. The van der Waals surface area contributed by atoms with E-state index in [1.807, 2.05) is 30.0 Å². The molecule has 3 aromatic rings. The largest absolute Gasteiger partial charge is 0.463 e. The molecule has 0 radical (unpaired) electrons. The van der Waals surface area contributed by atoms with Crippen molar-refractivity contribution >= 4 is 17.4 Å². The third-order valence-corrected chi connectivity index (χ3v) is 4.87. The highest BCUT2D eigenvalue weighted by molar-refractivity contribution is 5.96. The molecule has 3 rings (SSSR count). The Morgan fingerprint density at radius 3 is 2.39 bits per heavy atom. The number of anilines is 1. The Morgan fingerprint density at radius 2 is 1.86 bits per heavy atom. The highest BCUT2D eigenvalue weighted by Gasteiger charge is 2.38. The van der Waals surface area contributed by atoms with Crippen LogP contribution >= 0.6 is 0 Å². The molecule has 0 fully saturated rings. The number of furan rings is 1. The van der Waals surface area contributed by atoms with Gasteiger partial charge in [0.2, 0.25) is 5.91 Å². The Bertz CT molecular complexity index is 1000. The number of carbonyl (C=O) groups excluding carboxylic acids is 1. The highest BCUT2D eigenvalue weighted by atomic mass is 16.3. The minimum atomic E-state index is -0.404. The average molecular weight is 382 g/mol. The summed E-state index contributed by atoms with van der Waals surface area (Å²) in [6.45, 7) is 16.6. The van der Waals surface area contributed by atoms with E-state index in [2.05, 4.69) is 52.0 Å². The minimum Gasteiger partial charge on any atom is -0.463 e. The normalized spacial score (nSPS) is 12.6. The van der Waals surface area contributed by atoms with Crippen LogP contribution in [0.4, 0.5) is 5.82 Å². The molecule has 0 saturated heterocycles. The lowest BCUT2D eigenvalue weighted by Crippen LogP contribution is -2.50. The number of hydrogen-bond acceptors (Lipinski definition) is 3. The van der Waals surface area contributed by atoms with E-state index in [1.165, 1.54) is 0 Å². The highest BCUT2D eigenvalue weighted by Crippen LogP contribution is 2.40. The molecule has 0 atom stereocenters. The summed E-state index contributed by atoms with van der Waals surface area (Å²) in [6, 6.07) is 7.89. The Morgan fingerprint density at radius 1 is 1.18 bits per heavy atom. The van der Waals surface area contributed by atoms with Crippen LogP contribution in [0.1, 0.15) is 59.2 Å². The first-order valence-corrected chi connectivity index (χ1v) is 9.75. The van der Waals surface area contributed by atoms with Crippen LogP contribution in [0.25, 0.3) is 17.1 Å². The molecule has 28 heavy (non-hydrogen) atoms. The van der Waals surface area contributed by atoms with Crippen molar-refractivity contribution in [2.45, 2.75) is 67.3 Å². The summed E-state index contributed by atoms with van der Waals surface area (Å²) in [6.07, 6.45) is 2.48. The van der Waals surface area contributed by atoms with Crippen LogP contribution in [0.5, 0.6) is 0 Å². The molecule has 3 aromatic heterocycles. The first kappa shape index (κ1) is 20.2. The number of pyridine rings is 1. The molecule has 0 unspecified atom stereocenters. The van der Waals surface area contributed by atoms with Crippen LogP contribution in [0.2, 0.25) is 0 Å². The fourth-order valence-corrected chi connectivity index (χ4v) is 4.54. The molecule has 3 heterocycles. The number of nitrogens with zero attached hydrogens (tertiary/aromatic N) is 3. The van der Waals surface area contributed by atoms with Gasteiger partial charge < -0.3 is 4.42 Å². The van der Waals surface area contributed by atoms with Crippen molar-refractivity contribution in [3.63, 3.8) is 0 Å². The number of rotatable bonds is 4. The quantitative estimate of drug-likeness (QED) is 0.576. The second-order valence-electron chi connectivity index (χ2n) is 9.53. The van der Waals surface area contributed by atoms with Gasteiger partial charge in [0.15, 0.2) is 11.6 Å². The predicted octanol–water partition coefficient (Wildman–Crippen LogP) is 5.78. The van der Waals surface area contributed by atoms with Crippen molar-refractivity contribution < 1.29 is 9.21 Å². The summed E-state index contributed by atoms with van der Waals surface area (Å²) in [7, 11) is 0. The minimum absolute atomic E-state index is 0.0103. The van der Waals surface area contributed by atoms with Gasteiger partial charge in [-0.05, 0) is 69.4 Å². The number of carbonyl (C=O) groups is 1. The van der Waals surface area contributed by atoms with Gasteiger partial charge in [0, 0.05) is 18.2 Å². The molecule has 5 heteroatoms. The van der Waals surface area contributed by atoms with Crippen molar-refractivity contribution in [2.75, 3.05) is 4.90 Å². The molecule has 0 aromatic carbocycles. The van der Waals surface area contributed by atoms with Gasteiger partial charge in [-0.1, -0.05) is 20.8 Å². The molecule has 0 spiro atoms. The molecule has 0 saturated carbocycles. The number of aryl methyl sites for hydroxylation is 2. The van der Waals surface area contributed by atoms with E-state index in [4.69, 9.17) is 9.40 Å². The van der Waals surface area contributed by atoms with Crippen LogP contribution < -0.4 is 4.90 Å². The second kappa shape index (κ2) is 6.80. The van der Waals surface area contributed by atoms with Crippen LogP contribution in [-0.2, 0) is 4.79 Å². The summed E-state index contributed by atoms with van der Waals surface area (Å²) in [5, 5.41) is 0. The zero-order chi connectivity index (χ0) is 20.9. The van der Waals surface area contributed by atoms with E-state index in [-0.39, 0.29) is 11.3 Å². The summed E-state index contributed by atoms with van der Waals surface area (Å²) in [5.74, 6) is 1.42. The Labute approximate surface area is 167 Å². The van der Waals surface area contributed by atoms with E-state index >= 15 is 0 Å². The summed E-state index contributed by atoms with van der Waals surface area (Å²) >= 11 is 0. The molecule has 150 valence electrons. The first-order chi connectivity index (χ1) is 12.9. The zero-order valence-corrected chi connectivity index (χ0v) is 18.3. The molecular formula is C23H31N3O2. The summed E-state index contributed by atoms with van der Waals surface area (Å²) in [4.78, 5) is 19.7. The molecule has 5 nitrogen and oxygen atoms in total. The fourth-order valence-electron chi connectivity index (χ4n) is 4.54. The third kappa shape index (κ3) is 3.71. The van der Waals surface area contributed by atoms with Gasteiger partial charge in [0.05, 0.1) is 6.26 Å². The van der Waals surface area contributed by atoms with E-state index in [1.54, 1.807) is 13.2 Å². The molecule has 0 N–H and O–H groups in total. The van der Waals surface area contributed by atoms with E-state index < -0.39 is 5.54 Å². The van der Waals surface area contributed by atoms with Gasteiger partial charge in [-0.3, -0.25) is 14.1 Å². The van der Waals surface area contributed by atoms with Crippen molar-refractivity contribution in [1.82, 2.24) is 9.38 Å². The summed E-state index contributed by atoms with van der Waals surface area (Å²) < 4.78 is 7.76. The monoisotopic (exact) mass is 381 g/mol. The van der Waals surface area contributed by atoms with Gasteiger partial charge in [0.1, 0.15) is 11.3 Å². The topological polar surface area (TPSA) is 50.8 Å². The molecular weight excluding hydrogens is 350 g/mol. The van der Waals surface area contributed by atoms with Crippen molar-refractivity contribution in [3.8, 4) is 11.5 Å². The summed E-state index contributed by atoms with van der Waals surface area (Å²) in [5.41, 5.74) is 3.34. The Hall–Kier alpha value is -2.56. The molecule has 0 aliphatic carbocycles. The number of amides is 1. The molecule has 0 aliphatic heterocycles. The van der Waals surface area contributed by atoms with Crippen LogP contribution in [0.3, 0.4) is 0 Å². The smallest absolute Gasteiger partial charge is 0.225 e. The van der Waals surface area contributed by atoms with E-state index in [0.29, 0.717) is 11.5 Å². The van der Waals surface area contributed by atoms with Crippen LogP contribution in [0.15, 0.2) is 34.9 Å². The zero-order valence-electron chi connectivity index (χ0n) is 18.3. The average Bonchev–Trinajstić information content (AvgIpc) is 3.11. The maximum Gasteiger partial charge on any atom is 0.225 e. The lowest BCUT2D eigenvalue weighted by molar-refractivity contribution is -0.117. The van der Waals surface area contributed by atoms with Crippen molar-refractivity contribution in [3.05, 3.63) is 41.8 Å². The lowest BCUT2D eigenvalue weighted by atomic mass is 9.80. The predicted molar refractivity (Wildman–Crippen MR) is 114 cm³/mol. The van der Waals surface area contributed by atoms with Gasteiger partial charge in [0.25, 0.3) is 0 Å². The molecule has 0 bridgehead atoms. The number of fused-ring (bicyclic) bond motifs is 1. The van der Waals surface area contributed by atoms with E-state index in [9.17, 15) is 4.79 Å². The SMILES string of the molecule is CC(=O)N(c1c(-c2ccco2)nc2cc(C)cc(C)n12)C(C)(C)CC(C)(C)C. The van der Waals surface area contributed by atoms with Gasteiger partial charge >= 0.3 is 0 Å². The lowest BCUT2D eigenvalue weighted by Gasteiger charge is -2.41. The third-order valence-electron chi connectivity index (χ3n) is 4.87. The Kier molecular flexibility index (Phi) is 4.90. The van der Waals surface area contributed by atoms with Gasteiger partial charge in [-0.25, -0.2) is 4.98 Å². The molecule has 1 amide bonds. The first-order valence-electron chi connectivity index (χ1n) is 9.75. The maximum absolute atomic E-state index is 13.0. The second-order valence-corrected chi connectivity index (χ2v) is 9.53. The van der Waals surface area contributed by atoms with Crippen LogP contribution in [0, 0.1) is 19.3 Å². The maximum atomic E-state index is 13.0. The van der Waals surface area contributed by atoms with Crippen LogP contribution in [-0.4, -0.2) is 20.8 Å².